The summed E-state index contributed by atoms with van der Waals surface area (Å²) in [7, 11) is 0. The molecule has 0 spiro atoms. The second-order valence-corrected chi connectivity index (χ2v) is 5.99. The first kappa shape index (κ1) is 16.7. The van der Waals surface area contributed by atoms with Crippen LogP contribution in [0.25, 0.3) is 0 Å². The number of rotatable bonds is 3. The molecule has 6 nitrogen and oxygen atoms in total. The maximum atomic E-state index is 12.5. The van der Waals surface area contributed by atoms with Crippen LogP contribution in [-0.2, 0) is 16.0 Å². The van der Waals surface area contributed by atoms with Gasteiger partial charge in [-0.25, -0.2) is 0 Å². The monoisotopic (exact) mass is 337 g/mol. The van der Waals surface area contributed by atoms with Gasteiger partial charge in [0.15, 0.2) is 0 Å². The van der Waals surface area contributed by atoms with Gasteiger partial charge in [0.05, 0.1) is 0 Å². The summed E-state index contributed by atoms with van der Waals surface area (Å²) >= 11 is 0. The largest absolute Gasteiger partial charge is 0.326 e. The third-order valence-electron chi connectivity index (χ3n) is 3.93. The summed E-state index contributed by atoms with van der Waals surface area (Å²) in [6, 6.07) is 12.2. The van der Waals surface area contributed by atoms with Crippen molar-refractivity contribution in [3.8, 4) is 0 Å². The van der Waals surface area contributed by atoms with Crippen molar-refractivity contribution in [2.24, 2.45) is 0 Å². The molecule has 0 bridgehead atoms. The Balaban J connectivity index is 1.76. The minimum absolute atomic E-state index is 0.00531. The fourth-order valence-electron chi connectivity index (χ4n) is 2.80. The lowest BCUT2D eigenvalue weighted by molar-refractivity contribution is -0.116. The summed E-state index contributed by atoms with van der Waals surface area (Å²) in [5.74, 6) is -0.402. The van der Waals surface area contributed by atoms with Crippen LogP contribution >= 0.6 is 0 Å². The van der Waals surface area contributed by atoms with Crippen molar-refractivity contribution in [3.63, 3.8) is 0 Å². The van der Waals surface area contributed by atoms with Gasteiger partial charge < -0.3 is 16.0 Å². The highest BCUT2D eigenvalue weighted by atomic mass is 16.2. The van der Waals surface area contributed by atoms with Crippen LogP contribution in [-0.4, -0.2) is 17.7 Å². The zero-order valence-electron chi connectivity index (χ0n) is 13.9. The Kier molecular flexibility index (Phi) is 4.79. The fourth-order valence-corrected chi connectivity index (χ4v) is 2.80. The molecule has 2 aromatic rings. The highest BCUT2D eigenvalue weighted by Gasteiger charge is 2.15. The van der Waals surface area contributed by atoms with Gasteiger partial charge >= 0.3 is 0 Å². The van der Waals surface area contributed by atoms with Gasteiger partial charge in [-0.2, -0.15) is 0 Å². The van der Waals surface area contributed by atoms with E-state index < -0.39 is 0 Å². The number of fused-ring (bicyclic) bond motifs is 1. The van der Waals surface area contributed by atoms with E-state index >= 15 is 0 Å². The average Bonchev–Trinajstić information content (AvgIpc) is 2.74. The van der Waals surface area contributed by atoms with Gasteiger partial charge in [-0.15, -0.1) is 0 Å². The maximum absolute atomic E-state index is 12.5. The molecule has 0 unspecified atom stereocenters. The van der Waals surface area contributed by atoms with E-state index in [1.807, 2.05) is 6.07 Å². The van der Waals surface area contributed by atoms with Crippen LogP contribution in [0.15, 0.2) is 42.5 Å². The molecule has 1 aliphatic rings. The van der Waals surface area contributed by atoms with Crippen LogP contribution in [0.1, 0.15) is 35.7 Å². The lowest BCUT2D eigenvalue weighted by Gasteiger charge is -2.11. The van der Waals surface area contributed by atoms with Crippen LogP contribution in [0.3, 0.4) is 0 Å². The molecular formula is C19H19N3O3. The number of nitrogens with one attached hydrogen (secondary N) is 3. The van der Waals surface area contributed by atoms with Gasteiger partial charge in [-0.05, 0) is 54.8 Å². The van der Waals surface area contributed by atoms with Crippen molar-refractivity contribution < 1.29 is 14.4 Å². The molecule has 2 aromatic carbocycles. The van der Waals surface area contributed by atoms with Crippen LogP contribution < -0.4 is 16.0 Å². The Hall–Kier alpha value is -3.15. The van der Waals surface area contributed by atoms with E-state index in [0.717, 1.165) is 24.1 Å². The summed E-state index contributed by atoms with van der Waals surface area (Å²) in [6.45, 7) is 1.43. The minimum Gasteiger partial charge on any atom is -0.326 e. The fraction of sp³-hybridized carbons (Fsp3) is 0.211. The third kappa shape index (κ3) is 4.23. The van der Waals surface area contributed by atoms with Gasteiger partial charge in [0, 0.05) is 36.0 Å². The molecule has 25 heavy (non-hydrogen) atoms. The molecule has 0 saturated heterocycles. The maximum Gasteiger partial charge on any atom is 0.255 e. The number of carbonyl (C=O) groups is 3. The van der Waals surface area contributed by atoms with Gasteiger partial charge in [0.2, 0.25) is 11.8 Å². The lowest BCUT2D eigenvalue weighted by atomic mass is 10.0. The number of hydrogen-bond acceptors (Lipinski definition) is 3. The van der Waals surface area contributed by atoms with Crippen LogP contribution in [0.2, 0.25) is 0 Å². The second kappa shape index (κ2) is 7.17. The van der Waals surface area contributed by atoms with Gasteiger partial charge in [-0.1, -0.05) is 6.07 Å². The molecule has 3 amide bonds. The van der Waals surface area contributed by atoms with Crippen LogP contribution in [0, 0.1) is 0 Å². The number of carbonyl (C=O) groups excluding carboxylic acids is 3. The predicted octanol–water partition coefficient (Wildman–Crippen LogP) is 3.17. The second-order valence-electron chi connectivity index (χ2n) is 5.99. The smallest absolute Gasteiger partial charge is 0.255 e. The van der Waals surface area contributed by atoms with Gasteiger partial charge in [-0.3, -0.25) is 14.4 Å². The zero-order chi connectivity index (χ0) is 17.8. The van der Waals surface area contributed by atoms with Crippen molar-refractivity contribution in [2.45, 2.75) is 26.2 Å². The minimum atomic E-state index is -0.238. The highest BCUT2D eigenvalue weighted by Crippen LogP contribution is 2.24. The topological polar surface area (TPSA) is 87.3 Å². The number of anilines is 3. The van der Waals surface area contributed by atoms with E-state index in [2.05, 4.69) is 16.0 Å². The molecule has 0 aliphatic carbocycles. The molecule has 0 saturated carbocycles. The molecule has 3 N–H and O–H groups in total. The number of amides is 3. The molecule has 0 fully saturated rings. The van der Waals surface area contributed by atoms with Crippen molar-refractivity contribution >= 4 is 34.8 Å². The van der Waals surface area contributed by atoms with E-state index in [1.165, 1.54) is 6.92 Å². The van der Waals surface area contributed by atoms with Crippen molar-refractivity contribution in [3.05, 3.63) is 53.6 Å². The molecule has 3 rings (SSSR count). The number of benzene rings is 2. The first-order valence-corrected chi connectivity index (χ1v) is 8.13. The molecule has 1 aliphatic heterocycles. The summed E-state index contributed by atoms with van der Waals surface area (Å²) in [6.07, 6.45) is 2.02. The Morgan fingerprint density at radius 2 is 1.76 bits per heavy atom. The zero-order valence-corrected chi connectivity index (χ0v) is 13.9. The highest BCUT2D eigenvalue weighted by molar-refractivity contribution is 6.05. The molecule has 0 aromatic heterocycles. The van der Waals surface area contributed by atoms with E-state index in [-0.39, 0.29) is 17.7 Å². The average molecular weight is 337 g/mol. The molecular weight excluding hydrogens is 318 g/mol. The van der Waals surface area contributed by atoms with Gasteiger partial charge in [0.1, 0.15) is 0 Å². The van der Waals surface area contributed by atoms with E-state index in [9.17, 15) is 14.4 Å². The van der Waals surface area contributed by atoms with Crippen LogP contribution in [0.4, 0.5) is 17.1 Å². The normalized spacial score (nSPS) is 13.2. The van der Waals surface area contributed by atoms with Crippen molar-refractivity contribution in [1.29, 1.82) is 0 Å². The molecule has 0 atom stereocenters. The number of hydrogen-bond donors (Lipinski definition) is 3. The summed E-state index contributed by atoms with van der Waals surface area (Å²) in [4.78, 5) is 35.2. The summed E-state index contributed by atoms with van der Waals surface area (Å²) in [5, 5.41) is 8.36. The standard InChI is InChI=1S/C19H19N3O3/c1-12(23)20-15-5-3-6-16(11-15)21-19(25)14-8-9-17-13(10-14)4-2-7-18(24)22-17/h3,5-6,8-11H,2,4,7H2,1H3,(H,20,23)(H,21,25)(H,22,24). The Bertz CT molecular complexity index is 846. The van der Waals surface area contributed by atoms with Crippen molar-refractivity contribution in [1.82, 2.24) is 0 Å². The molecule has 1 heterocycles. The SMILES string of the molecule is CC(=O)Nc1cccc(NC(=O)c2ccc3c(c2)CCCC(=O)N3)c1. The molecule has 0 radical (unpaired) electrons. The first-order chi connectivity index (χ1) is 12.0. The number of aryl methyl sites for hydroxylation is 1. The van der Waals surface area contributed by atoms with E-state index in [1.54, 1.807) is 36.4 Å². The van der Waals surface area contributed by atoms with Gasteiger partial charge in [0.25, 0.3) is 5.91 Å². The predicted molar refractivity (Wildman–Crippen MR) is 96.7 cm³/mol. The third-order valence-corrected chi connectivity index (χ3v) is 3.93. The first-order valence-electron chi connectivity index (χ1n) is 8.13. The van der Waals surface area contributed by atoms with E-state index in [0.29, 0.717) is 23.4 Å². The molecule has 6 heteroatoms. The Morgan fingerprint density at radius 1 is 1.00 bits per heavy atom. The Morgan fingerprint density at radius 3 is 2.52 bits per heavy atom. The quantitative estimate of drug-likeness (QED) is 0.804. The summed E-state index contributed by atoms with van der Waals surface area (Å²) < 4.78 is 0. The van der Waals surface area contributed by atoms with E-state index in [4.69, 9.17) is 0 Å². The molecule has 128 valence electrons. The Labute approximate surface area is 145 Å². The lowest BCUT2D eigenvalue weighted by Crippen LogP contribution is -2.14. The van der Waals surface area contributed by atoms with Crippen LogP contribution in [0.5, 0.6) is 0 Å². The summed E-state index contributed by atoms with van der Waals surface area (Å²) in [5.41, 5.74) is 3.48. The van der Waals surface area contributed by atoms with Crippen molar-refractivity contribution in [2.75, 3.05) is 16.0 Å².